The summed E-state index contributed by atoms with van der Waals surface area (Å²) in [6.07, 6.45) is 22.6. The second-order valence-corrected chi connectivity index (χ2v) is 8.50. The van der Waals surface area contributed by atoms with E-state index in [0.717, 1.165) is 38.1 Å². The molecule has 1 atom stereocenters. The van der Waals surface area contributed by atoms with E-state index in [4.69, 9.17) is 4.74 Å². The number of unbranched alkanes of at least 4 members (excludes halogenated alkanes) is 10. The van der Waals surface area contributed by atoms with Gasteiger partial charge >= 0.3 is 5.97 Å². The van der Waals surface area contributed by atoms with Crippen molar-refractivity contribution < 1.29 is 9.53 Å². The predicted octanol–water partition coefficient (Wildman–Crippen LogP) is 7.38. The van der Waals surface area contributed by atoms with Crippen LogP contribution in [0.25, 0.3) is 0 Å². The van der Waals surface area contributed by atoms with Gasteiger partial charge in [0, 0.05) is 25.4 Å². The number of rotatable bonds is 19. The molecule has 0 aromatic carbocycles. The highest BCUT2D eigenvalue weighted by Crippen LogP contribution is 2.17. The van der Waals surface area contributed by atoms with E-state index in [-0.39, 0.29) is 12.1 Å². The second kappa shape index (κ2) is 17.5. The molecule has 0 radical (unpaired) electrons. The van der Waals surface area contributed by atoms with Crippen LogP contribution in [0.4, 0.5) is 0 Å². The van der Waals surface area contributed by atoms with E-state index < -0.39 is 0 Å². The third-order valence-electron chi connectivity index (χ3n) is 5.76. The van der Waals surface area contributed by atoms with Crippen LogP contribution in [0.1, 0.15) is 122 Å². The number of imidazole rings is 1. The summed E-state index contributed by atoms with van der Waals surface area (Å²) in [6.45, 7) is 7.45. The standard InChI is InChI=1S/C25H46N2O2/c1-4-6-8-10-12-14-18-24(17-13-11-9-7-5-2)29-25(28)19-15-16-21-27-22-20-26-23(27)3/h20,22,24H,4-19,21H2,1-3H3. The highest BCUT2D eigenvalue weighted by molar-refractivity contribution is 5.69. The molecule has 1 rings (SSSR count). The van der Waals surface area contributed by atoms with Crippen LogP contribution in [0.15, 0.2) is 12.4 Å². The molecule has 1 heterocycles. The van der Waals surface area contributed by atoms with Crippen molar-refractivity contribution in [1.29, 1.82) is 0 Å². The molecule has 0 aliphatic rings. The zero-order chi connectivity index (χ0) is 21.2. The van der Waals surface area contributed by atoms with E-state index in [9.17, 15) is 4.79 Å². The molecule has 0 aliphatic carbocycles. The van der Waals surface area contributed by atoms with Crippen LogP contribution in [-0.4, -0.2) is 21.6 Å². The lowest BCUT2D eigenvalue weighted by Crippen LogP contribution is -2.18. The molecule has 29 heavy (non-hydrogen) atoms. The van der Waals surface area contributed by atoms with Crippen molar-refractivity contribution in [3.05, 3.63) is 18.2 Å². The van der Waals surface area contributed by atoms with Crippen molar-refractivity contribution >= 4 is 5.97 Å². The molecular weight excluding hydrogens is 360 g/mol. The number of hydrogen-bond acceptors (Lipinski definition) is 3. The van der Waals surface area contributed by atoms with Gasteiger partial charge in [-0.05, 0) is 45.4 Å². The summed E-state index contributed by atoms with van der Waals surface area (Å²) in [4.78, 5) is 16.6. The first-order valence-electron chi connectivity index (χ1n) is 12.3. The Bertz CT molecular complexity index is 513. The number of esters is 1. The van der Waals surface area contributed by atoms with E-state index in [0.29, 0.717) is 6.42 Å². The first-order valence-corrected chi connectivity index (χ1v) is 12.3. The quantitative estimate of drug-likeness (QED) is 0.178. The summed E-state index contributed by atoms with van der Waals surface area (Å²) in [6, 6.07) is 0. The minimum absolute atomic E-state index is 0.00288. The summed E-state index contributed by atoms with van der Waals surface area (Å²) in [5, 5.41) is 0. The Morgan fingerprint density at radius 3 is 2.03 bits per heavy atom. The summed E-state index contributed by atoms with van der Waals surface area (Å²) in [7, 11) is 0. The summed E-state index contributed by atoms with van der Waals surface area (Å²) >= 11 is 0. The Morgan fingerprint density at radius 1 is 0.897 bits per heavy atom. The fourth-order valence-electron chi connectivity index (χ4n) is 3.83. The number of aromatic nitrogens is 2. The van der Waals surface area contributed by atoms with Gasteiger partial charge in [-0.2, -0.15) is 0 Å². The van der Waals surface area contributed by atoms with Crippen LogP contribution in [0.3, 0.4) is 0 Å². The summed E-state index contributed by atoms with van der Waals surface area (Å²) in [5.41, 5.74) is 0. The molecule has 0 amide bonds. The van der Waals surface area contributed by atoms with Crippen molar-refractivity contribution in [2.24, 2.45) is 0 Å². The van der Waals surface area contributed by atoms with Gasteiger partial charge in [-0.25, -0.2) is 4.98 Å². The van der Waals surface area contributed by atoms with Gasteiger partial charge in [0.15, 0.2) is 0 Å². The van der Waals surface area contributed by atoms with Gasteiger partial charge < -0.3 is 9.30 Å². The van der Waals surface area contributed by atoms with Crippen LogP contribution in [0.5, 0.6) is 0 Å². The van der Waals surface area contributed by atoms with Crippen molar-refractivity contribution in [3.63, 3.8) is 0 Å². The lowest BCUT2D eigenvalue weighted by atomic mass is 10.0. The van der Waals surface area contributed by atoms with Gasteiger partial charge in [0.1, 0.15) is 11.9 Å². The normalized spacial score (nSPS) is 12.2. The summed E-state index contributed by atoms with van der Waals surface area (Å²) < 4.78 is 8.03. The van der Waals surface area contributed by atoms with Crippen molar-refractivity contribution in [2.45, 2.75) is 136 Å². The van der Waals surface area contributed by atoms with Gasteiger partial charge in [-0.3, -0.25) is 4.79 Å². The number of carbonyl (C=O) groups excluding carboxylic acids is 1. The smallest absolute Gasteiger partial charge is 0.306 e. The monoisotopic (exact) mass is 406 g/mol. The first kappa shape index (κ1) is 25.7. The number of ether oxygens (including phenoxy) is 1. The third kappa shape index (κ3) is 13.5. The van der Waals surface area contributed by atoms with Crippen LogP contribution in [-0.2, 0) is 16.1 Å². The van der Waals surface area contributed by atoms with Gasteiger partial charge in [0.05, 0.1) is 0 Å². The Morgan fingerprint density at radius 2 is 1.48 bits per heavy atom. The molecule has 168 valence electrons. The van der Waals surface area contributed by atoms with Crippen molar-refractivity contribution in [2.75, 3.05) is 0 Å². The first-order chi connectivity index (χ1) is 14.2. The highest BCUT2D eigenvalue weighted by Gasteiger charge is 2.14. The molecular formula is C25H46N2O2. The molecule has 1 unspecified atom stereocenters. The average Bonchev–Trinajstić information content (AvgIpc) is 3.12. The highest BCUT2D eigenvalue weighted by atomic mass is 16.5. The SMILES string of the molecule is CCCCCCCCC(CCCCCCC)OC(=O)CCCCn1ccnc1C. The summed E-state index contributed by atoms with van der Waals surface area (Å²) in [5.74, 6) is 1.03. The molecule has 0 saturated heterocycles. The Kier molecular flexibility index (Phi) is 15.5. The topological polar surface area (TPSA) is 44.1 Å². The van der Waals surface area contributed by atoms with Gasteiger partial charge in [0.25, 0.3) is 0 Å². The molecule has 4 heteroatoms. The second-order valence-electron chi connectivity index (χ2n) is 8.50. The van der Waals surface area contributed by atoms with Crippen LogP contribution < -0.4 is 0 Å². The molecule has 0 bridgehead atoms. The van der Waals surface area contributed by atoms with E-state index in [1.165, 1.54) is 70.6 Å². The Labute approximate surface area is 179 Å². The minimum Gasteiger partial charge on any atom is -0.462 e. The average molecular weight is 407 g/mol. The molecule has 0 aliphatic heterocycles. The van der Waals surface area contributed by atoms with Crippen molar-refractivity contribution in [3.8, 4) is 0 Å². The molecule has 0 N–H and O–H groups in total. The van der Waals surface area contributed by atoms with Crippen LogP contribution in [0, 0.1) is 6.92 Å². The Hall–Kier alpha value is -1.32. The number of nitrogens with zero attached hydrogens (tertiary/aromatic N) is 2. The fraction of sp³-hybridized carbons (Fsp3) is 0.840. The van der Waals surface area contributed by atoms with E-state index in [2.05, 4.69) is 23.4 Å². The molecule has 0 spiro atoms. The minimum atomic E-state index is -0.00288. The number of hydrogen-bond donors (Lipinski definition) is 0. The predicted molar refractivity (Wildman–Crippen MR) is 122 cm³/mol. The van der Waals surface area contributed by atoms with E-state index in [1.54, 1.807) is 0 Å². The zero-order valence-corrected chi connectivity index (χ0v) is 19.5. The van der Waals surface area contributed by atoms with E-state index >= 15 is 0 Å². The third-order valence-corrected chi connectivity index (χ3v) is 5.76. The maximum absolute atomic E-state index is 12.3. The Balaban J connectivity index is 2.24. The van der Waals surface area contributed by atoms with Crippen LogP contribution in [0.2, 0.25) is 0 Å². The zero-order valence-electron chi connectivity index (χ0n) is 19.5. The number of aryl methyl sites for hydroxylation is 2. The van der Waals surface area contributed by atoms with Gasteiger partial charge in [0.2, 0.25) is 0 Å². The van der Waals surface area contributed by atoms with E-state index in [1.807, 2.05) is 19.3 Å². The number of carbonyl (C=O) groups is 1. The molecule has 1 aromatic rings. The molecule has 1 aromatic heterocycles. The largest absolute Gasteiger partial charge is 0.462 e. The maximum Gasteiger partial charge on any atom is 0.306 e. The van der Waals surface area contributed by atoms with Crippen LogP contribution >= 0.6 is 0 Å². The molecule has 4 nitrogen and oxygen atoms in total. The lowest BCUT2D eigenvalue weighted by Gasteiger charge is -2.18. The van der Waals surface area contributed by atoms with Gasteiger partial charge in [-0.1, -0.05) is 71.6 Å². The molecule has 0 saturated carbocycles. The maximum atomic E-state index is 12.3. The lowest BCUT2D eigenvalue weighted by molar-refractivity contribution is -0.150. The fourth-order valence-corrected chi connectivity index (χ4v) is 3.83. The van der Waals surface area contributed by atoms with Gasteiger partial charge in [-0.15, -0.1) is 0 Å². The van der Waals surface area contributed by atoms with Crippen molar-refractivity contribution in [1.82, 2.24) is 9.55 Å². The molecule has 0 fully saturated rings.